The maximum Gasteiger partial charge on any atom is 0.142 e. The summed E-state index contributed by atoms with van der Waals surface area (Å²) in [7, 11) is 0. The molecule has 0 fully saturated rings. The predicted molar refractivity (Wildman–Crippen MR) is 80.4 cm³/mol. The van der Waals surface area contributed by atoms with Crippen LogP contribution in [0.15, 0.2) is 42.6 Å². The van der Waals surface area contributed by atoms with E-state index in [4.69, 9.17) is 11.6 Å². The molecule has 1 unspecified atom stereocenters. The summed E-state index contributed by atoms with van der Waals surface area (Å²) in [4.78, 5) is 4.33. The highest BCUT2D eigenvalue weighted by Crippen LogP contribution is 2.22. The van der Waals surface area contributed by atoms with Crippen LogP contribution in [0.1, 0.15) is 30.6 Å². The topological polar surface area (TPSA) is 24.9 Å². The maximum atomic E-state index is 13.6. The molecule has 1 aromatic heterocycles. The maximum absolute atomic E-state index is 13.6. The molecule has 0 saturated carbocycles. The summed E-state index contributed by atoms with van der Waals surface area (Å²) in [6, 6.07) is 10.8. The molecule has 1 N–H and O–H groups in total. The van der Waals surface area contributed by atoms with Crippen LogP contribution in [0.3, 0.4) is 0 Å². The summed E-state index contributed by atoms with van der Waals surface area (Å²) >= 11 is 5.74. The molecule has 0 aliphatic carbocycles. The van der Waals surface area contributed by atoms with Gasteiger partial charge in [-0.05, 0) is 42.8 Å². The fourth-order valence-electron chi connectivity index (χ4n) is 2.08. The third-order valence-electron chi connectivity index (χ3n) is 3.13. The van der Waals surface area contributed by atoms with Gasteiger partial charge in [-0.2, -0.15) is 0 Å². The van der Waals surface area contributed by atoms with Crippen LogP contribution in [-0.2, 0) is 6.42 Å². The van der Waals surface area contributed by atoms with Gasteiger partial charge in [0, 0.05) is 24.4 Å². The minimum Gasteiger partial charge on any atom is -0.310 e. The summed E-state index contributed by atoms with van der Waals surface area (Å²) in [5.74, 6) is -0.381. The Labute approximate surface area is 124 Å². The first-order valence-corrected chi connectivity index (χ1v) is 7.16. The largest absolute Gasteiger partial charge is 0.310 e. The van der Waals surface area contributed by atoms with Gasteiger partial charge in [-0.3, -0.25) is 4.98 Å². The van der Waals surface area contributed by atoms with Crippen LogP contribution in [0, 0.1) is 5.82 Å². The standard InChI is InChI=1S/C16H18ClFN2/c1-2-8-20-16(11-13-5-3-4-9-19-13)12-6-7-14(17)15(18)10-12/h3-7,9-10,16,20H,2,8,11H2,1H3. The predicted octanol–water partition coefficient (Wildman–Crippen LogP) is 4.16. The van der Waals surface area contributed by atoms with E-state index in [2.05, 4.69) is 17.2 Å². The van der Waals surface area contributed by atoms with Gasteiger partial charge in [-0.1, -0.05) is 30.7 Å². The number of pyridine rings is 1. The van der Waals surface area contributed by atoms with Crippen molar-refractivity contribution < 1.29 is 4.39 Å². The van der Waals surface area contributed by atoms with E-state index in [1.807, 2.05) is 24.3 Å². The number of hydrogen-bond donors (Lipinski definition) is 1. The molecule has 0 radical (unpaired) electrons. The molecule has 0 saturated heterocycles. The molecule has 1 heterocycles. The summed E-state index contributed by atoms with van der Waals surface area (Å²) in [5.41, 5.74) is 1.88. The highest BCUT2D eigenvalue weighted by Gasteiger charge is 2.14. The first-order valence-electron chi connectivity index (χ1n) is 6.79. The van der Waals surface area contributed by atoms with Gasteiger partial charge in [0.2, 0.25) is 0 Å². The summed E-state index contributed by atoms with van der Waals surface area (Å²) in [6.07, 6.45) is 3.52. The number of nitrogens with one attached hydrogen (secondary N) is 1. The van der Waals surface area contributed by atoms with Crippen LogP contribution in [-0.4, -0.2) is 11.5 Å². The molecule has 20 heavy (non-hydrogen) atoms. The molecule has 0 spiro atoms. The SMILES string of the molecule is CCCNC(Cc1ccccn1)c1ccc(Cl)c(F)c1. The van der Waals surface area contributed by atoms with Crippen molar-refractivity contribution >= 4 is 11.6 Å². The molecule has 1 aromatic carbocycles. The Balaban J connectivity index is 2.20. The molecule has 2 rings (SSSR count). The minimum absolute atomic E-state index is 0.0385. The van der Waals surface area contributed by atoms with Crippen LogP contribution < -0.4 is 5.32 Å². The molecular formula is C16H18ClFN2. The monoisotopic (exact) mass is 292 g/mol. The van der Waals surface area contributed by atoms with Gasteiger partial charge in [0.05, 0.1) is 5.02 Å². The average molecular weight is 293 g/mol. The van der Waals surface area contributed by atoms with E-state index in [0.717, 1.165) is 30.6 Å². The fourth-order valence-corrected chi connectivity index (χ4v) is 2.20. The summed E-state index contributed by atoms with van der Waals surface area (Å²) in [5, 5.41) is 3.58. The van der Waals surface area contributed by atoms with Crippen LogP contribution in [0.25, 0.3) is 0 Å². The molecule has 0 aliphatic rings. The number of rotatable bonds is 6. The van der Waals surface area contributed by atoms with Crippen molar-refractivity contribution in [1.29, 1.82) is 0 Å². The zero-order valence-corrected chi connectivity index (χ0v) is 12.2. The molecule has 4 heteroatoms. The van der Waals surface area contributed by atoms with E-state index in [9.17, 15) is 4.39 Å². The summed E-state index contributed by atoms with van der Waals surface area (Å²) in [6.45, 7) is 2.98. The smallest absolute Gasteiger partial charge is 0.142 e. The van der Waals surface area contributed by atoms with Crippen LogP contribution in [0.2, 0.25) is 5.02 Å². The Morgan fingerprint density at radius 2 is 2.15 bits per heavy atom. The molecule has 0 bridgehead atoms. The quantitative estimate of drug-likeness (QED) is 0.865. The Bertz CT molecular complexity index is 545. The van der Waals surface area contributed by atoms with Gasteiger partial charge >= 0.3 is 0 Å². The second-order valence-corrected chi connectivity index (χ2v) is 5.11. The second kappa shape index (κ2) is 7.36. The second-order valence-electron chi connectivity index (χ2n) is 4.71. The molecule has 1 atom stereocenters. The van der Waals surface area contributed by atoms with Gasteiger partial charge in [0.1, 0.15) is 5.82 Å². The number of halogens is 2. The molecule has 106 valence electrons. The number of nitrogens with zero attached hydrogens (tertiary/aromatic N) is 1. The molecule has 2 aromatic rings. The van der Waals surface area contributed by atoms with E-state index < -0.39 is 0 Å². The van der Waals surface area contributed by atoms with E-state index >= 15 is 0 Å². The highest BCUT2D eigenvalue weighted by atomic mass is 35.5. The van der Waals surface area contributed by atoms with Crippen molar-refractivity contribution in [2.75, 3.05) is 6.54 Å². The first-order chi connectivity index (χ1) is 9.70. The molecular weight excluding hydrogens is 275 g/mol. The van der Waals surface area contributed by atoms with E-state index in [1.54, 1.807) is 12.3 Å². The van der Waals surface area contributed by atoms with E-state index in [-0.39, 0.29) is 16.9 Å². The van der Waals surface area contributed by atoms with Gasteiger partial charge in [0.15, 0.2) is 0 Å². The number of aromatic nitrogens is 1. The van der Waals surface area contributed by atoms with Crippen molar-refractivity contribution in [3.8, 4) is 0 Å². The zero-order chi connectivity index (χ0) is 14.4. The molecule has 0 amide bonds. The van der Waals surface area contributed by atoms with Crippen molar-refractivity contribution in [2.24, 2.45) is 0 Å². The molecule has 2 nitrogen and oxygen atoms in total. The summed E-state index contributed by atoms with van der Waals surface area (Å²) < 4.78 is 13.6. The van der Waals surface area contributed by atoms with Crippen molar-refractivity contribution in [2.45, 2.75) is 25.8 Å². The van der Waals surface area contributed by atoms with E-state index in [0.29, 0.717) is 0 Å². The number of benzene rings is 1. The van der Waals surface area contributed by atoms with Crippen LogP contribution in [0.5, 0.6) is 0 Å². The van der Waals surface area contributed by atoms with Gasteiger partial charge in [0.25, 0.3) is 0 Å². The van der Waals surface area contributed by atoms with Gasteiger partial charge in [-0.15, -0.1) is 0 Å². The fraction of sp³-hybridized carbons (Fsp3) is 0.312. The lowest BCUT2D eigenvalue weighted by Gasteiger charge is -2.19. The van der Waals surface area contributed by atoms with Crippen molar-refractivity contribution in [1.82, 2.24) is 10.3 Å². The normalized spacial score (nSPS) is 12.3. The van der Waals surface area contributed by atoms with Crippen molar-refractivity contribution in [3.63, 3.8) is 0 Å². The Morgan fingerprint density at radius 3 is 2.80 bits per heavy atom. The van der Waals surface area contributed by atoms with Crippen LogP contribution >= 0.6 is 11.6 Å². The van der Waals surface area contributed by atoms with Crippen LogP contribution in [0.4, 0.5) is 4.39 Å². The number of hydrogen-bond acceptors (Lipinski definition) is 2. The lowest BCUT2D eigenvalue weighted by Crippen LogP contribution is -2.24. The Hall–Kier alpha value is -1.45. The third-order valence-corrected chi connectivity index (χ3v) is 3.43. The third kappa shape index (κ3) is 4.02. The Morgan fingerprint density at radius 1 is 1.30 bits per heavy atom. The van der Waals surface area contributed by atoms with E-state index in [1.165, 1.54) is 6.07 Å². The highest BCUT2D eigenvalue weighted by molar-refractivity contribution is 6.30. The molecule has 0 aliphatic heterocycles. The van der Waals surface area contributed by atoms with Gasteiger partial charge < -0.3 is 5.32 Å². The van der Waals surface area contributed by atoms with Gasteiger partial charge in [-0.25, -0.2) is 4.39 Å². The average Bonchev–Trinajstić information content (AvgIpc) is 2.47. The zero-order valence-electron chi connectivity index (χ0n) is 11.4. The van der Waals surface area contributed by atoms with Crippen molar-refractivity contribution in [3.05, 3.63) is 64.7 Å². The first kappa shape index (κ1) is 14.9. The minimum atomic E-state index is -0.381. The lowest BCUT2D eigenvalue weighted by molar-refractivity contribution is 0.520. The lowest BCUT2D eigenvalue weighted by atomic mass is 10.0. The Kier molecular flexibility index (Phi) is 5.50.